The lowest BCUT2D eigenvalue weighted by atomic mass is 9.94. The molecule has 1 heterocycles. The zero-order valence-electron chi connectivity index (χ0n) is 6.80. The molecule has 0 saturated carbocycles. The summed E-state index contributed by atoms with van der Waals surface area (Å²) < 4.78 is 0. The van der Waals surface area contributed by atoms with Crippen molar-refractivity contribution in [2.45, 2.75) is 38.8 Å². The van der Waals surface area contributed by atoms with Gasteiger partial charge in [-0.1, -0.05) is 6.92 Å². The number of rotatable bonds is 1. The molecule has 1 saturated heterocycles. The standard InChI is InChI=1S/C8H17NO/c1-6-3-4-8(7(2)10)9-5-6/h6-10H,3-5H2,1-2H3/t6-,7?,8+/m1/s1. The predicted molar refractivity (Wildman–Crippen MR) is 41.9 cm³/mol. The van der Waals surface area contributed by atoms with Crippen LogP contribution in [0.2, 0.25) is 0 Å². The molecule has 2 nitrogen and oxygen atoms in total. The van der Waals surface area contributed by atoms with Crippen LogP contribution < -0.4 is 5.32 Å². The monoisotopic (exact) mass is 143 g/mol. The van der Waals surface area contributed by atoms with Crippen molar-refractivity contribution in [2.75, 3.05) is 6.54 Å². The van der Waals surface area contributed by atoms with Gasteiger partial charge in [0.15, 0.2) is 0 Å². The molecule has 0 bridgehead atoms. The van der Waals surface area contributed by atoms with Crippen molar-refractivity contribution in [1.29, 1.82) is 0 Å². The maximum Gasteiger partial charge on any atom is 0.0665 e. The lowest BCUT2D eigenvalue weighted by Crippen LogP contribution is -2.44. The van der Waals surface area contributed by atoms with Crippen LogP contribution in [0.3, 0.4) is 0 Å². The Morgan fingerprint density at radius 1 is 1.50 bits per heavy atom. The molecule has 10 heavy (non-hydrogen) atoms. The van der Waals surface area contributed by atoms with Gasteiger partial charge in [0.25, 0.3) is 0 Å². The molecule has 0 aliphatic carbocycles. The Kier molecular flexibility index (Phi) is 2.69. The van der Waals surface area contributed by atoms with Gasteiger partial charge in [0.2, 0.25) is 0 Å². The van der Waals surface area contributed by atoms with E-state index in [2.05, 4.69) is 12.2 Å². The van der Waals surface area contributed by atoms with Gasteiger partial charge < -0.3 is 10.4 Å². The van der Waals surface area contributed by atoms with Crippen LogP contribution in [-0.4, -0.2) is 23.8 Å². The van der Waals surface area contributed by atoms with E-state index in [0.717, 1.165) is 18.9 Å². The number of aliphatic hydroxyl groups is 1. The van der Waals surface area contributed by atoms with Crippen molar-refractivity contribution in [3.63, 3.8) is 0 Å². The van der Waals surface area contributed by atoms with E-state index in [1.54, 1.807) is 0 Å². The molecule has 0 aromatic carbocycles. The summed E-state index contributed by atoms with van der Waals surface area (Å²) in [5.74, 6) is 0.787. The van der Waals surface area contributed by atoms with Crippen molar-refractivity contribution in [2.24, 2.45) is 5.92 Å². The lowest BCUT2D eigenvalue weighted by Gasteiger charge is -2.29. The highest BCUT2D eigenvalue weighted by atomic mass is 16.3. The minimum atomic E-state index is -0.188. The molecule has 2 N–H and O–H groups in total. The predicted octanol–water partition coefficient (Wildman–Crippen LogP) is 0.755. The van der Waals surface area contributed by atoms with Gasteiger partial charge in [-0.15, -0.1) is 0 Å². The van der Waals surface area contributed by atoms with Crippen LogP contribution in [0.15, 0.2) is 0 Å². The molecule has 0 radical (unpaired) electrons. The summed E-state index contributed by atoms with van der Waals surface area (Å²) in [5, 5.41) is 12.5. The van der Waals surface area contributed by atoms with Gasteiger partial charge in [0.05, 0.1) is 6.10 Å². The maximum absolute atomic E-state index is 9.20. The van der Waals surface area contributed by atoms with Crippen molar-refractivity contribution in [1.82, 2.24) is 5.32 Å². The highest BCUT2D eigenvalue weighted by Crippen LogP contribution is 2.14. The Bertz CT molecular complexity index is 95.4. The molecular weight excluding hydrogens is 126 g/mol. The summed E-state index contributed by atoms with van der Waals surface area (Å²) in [6.07, 6.45) is 2.19. The number of hydrogen-bond donors (Lipinski definition) is 2. The third-order valence-corrected chi connectivity index (χ3v) is 2.28. The van der Waals surface area contributed by atoms with E-state index in [0.29, 0.717) is 6.04 Å². The molecule has 1 unspecified atom stereocenters. The summed E-state index contributed by atoms with van der Waals surface area (Å²) in [5.41, 5.74) is 0. The van der Waals surface area contributed by atoms with E-state index in [1.807, 2.05) is 6.92 Å². The summed E-state index contributed by atoms with van der Waals surface area (Å²) >= 11 is 0. The molecule has 2 heteroatoms. The lowest BCUT2D eigenvalue weighted by molar-refractivity contribution is 0.120. The second kappa shape index (κ2) is 3.35. The third-order valence-electron chi connectivity index (χ3n) is 2.28. The third kappa shape index (κ3) is 1.96. The summed E-state index contributed by atoms with van der Waals surface area (Å²) in [4.78, 5) is 0. The van der Waals surface area contributed by atoms with Crippen LogP contribution in [-0.2, 0) is 0 Å². The molecule has 1 fully saturated rings. The average molecular weight is 143 g/mol. The molecule has 1 aliphatic rings. The van der Waals surface area contributed by atoms with Crippen LogP contribution in [0.25, 0.3) is 0 Å². The largest absolute Gasteiger partial charge is 0.392 e. The summed E-state index contributed by atoms with van der Waals surface area (Å²) in [6.45, 7) is 5.16. The molecule has 1 aliphatic heterocycles. The normalized spacial score (nSPS) is 37.5. The number of hydrogen-bond acceptors (Lipinski definition) is 2. The molecule has 1 rings (SSSR count). The second-order valence-corrected chi connectivity index (χ2v) is 3.44. The van der Waals surface area contributed by atoms with E-state index >= 15 is 0 Å². The zero-order chi connectivity index (χ0) is 7.56. The highest BCUT2D eigenvalue weighted by Gasteiger charge is 2.20. The van der Waals surface area contributed by atoms with Crippen LogP contribution in [0.1, 0.15) is 26.7 Å². The topological polar surface area (TPSA) is 32.3 Å². The minimum Gasteiger partial charge on any atom is -0.392 e. The smallest absolute Gasteiger partial charge is 0.0665 e. The summed E-state index contributed by atoms with van der Waals surface area (Å²) in [7, 11) is 0. The number of aliphatic hydroxyl groups excluding tert-OH is 1. The first-order valence-corrected chi connectivity index (χ1v) is 4.11. The fourth-order valence-electron chi connectivity index (χ4n) is 1.43. The average Bonchev–Trinajstić information content (AvgIpc) is 1.88. The number of nitrogens with one attached hydrogen (secondary N) is 1. The van der Waals surface area contributed by atoms with Crippen molar-refractivity contribution in [3.05, 3.63) is 0 Å². The second-order valence-electron chi connectivity index (χ2n) is 3.44. The Morgan fingerprint density at radius 3 is 2.60 bits per heavy atom. The van der Waals surface area contributed by atoms with Crippen molar-refractivity contribution < 1.29 is 5.11 Å². The molecule has 0 aromatic heterocycles. The molecule has 0 aromatic rings. The fourth-order valence-corrected chi connectivity index (χ4v) is 1.43. The maximum atomic E-state index is 9.20. The summed E-state index contributed by atoms with van der Waals surface area (Å²) in [6, 6.07) is 0.344. The van der Waals surface area contributed by atoms with Crippen LogP contribution in [0.4, 0.5) is 0 Å². The first-order chi connectivity index (χ1) is 4.70. The molecular formula is C8H17NO. The Balaban J connectivity index is 2.26. The molecule has 0 spiro atoms. The highest BCUT2D eigenvalue weighted by molar-refractivity contribution is 4.79. The van der Waals surface area contributed by atoms with Crippen molar-refractivity contribution in [3.8, 4) is 0 Å². The first-order valence-electron chi connectivity index (χ1n) is 4.11. The van der Waals surface area contributed by atoms with Gasteiger partial charge in [-0.3, -0.25) is 0 Å². The minimum absolute atomic E-state index is 0.188. The Labute approximate surface area is 62.6 Å². The van der Waals surface area contributed by atoms with Gasteiger partial charge in [-0.25, -0.2) is 0 Å². The Hall–Kier alpha value is -0.0800. The first kappa shape index (κ1) is 8.02. The van der Waals surface area contributed by atoms with E-state index in [-0.39, 0.29) is 6.10 Å². The van der Waals surface area contributed by atoms with Crippen LogP contribution in [0, 0.1) is 5.92 Å². The van der Waals surface area contributed by atoms with Gasteiger partial charge in [0.1, 0.15) is 0 Å². The van der Waals surface area contributed by atoms with E-state index in [1.165, 1.54) is 6.42 Å². The fraction of sp³-hybridized carbons (Fsp3) is 1.00. The van der Waals surface area contributed by atoms with Crippen LogP contribution in [0.5, 0.6) is 0 Å². The van der Waals surface area contributed by atoms with Gasteiger partial charge in [-0.05, 0) is 32.2 Å². The molecule has 3 atom stereocenters. The van der Waals surface area contributed by atoms with E-state index in [4.69, 9.17) is 0 Å². The SMILES string of the molecule is CC(O)[C@@H]1CC[C@@H](C)CN1. The zero-order valence-corrected chi connectivity index (χ0v) is 6.80. The quantitative estimate of drug-likeness (QED) is 0.568. The molecule has 60 valence electrons. The Morgan fingerprint density at radius 2 is 2.20 bits per heavy atom. The van der Waals surface area contributed by atoms with Gasteiger partial charge >= 0.3 is 0 Å². The number of piperidine rings is 1. The van der Waals surface area contributed by atoms with Crippen LogP contribution >= 0.6 is 0 Å². The van der Waals surface area contributed by atoms with E-state index in [9.17, 15) is 5.11 Å². The van der Waals surface area contributed by atoms with E-state index < -0.39 is 0 Å². The van der Waals surface area contributed by atoms with Gasteiger partial charge in [-0.2, -0.15) is 0 Å². The van der Waals surface area contributed by atoms with Crippen molar-refractivity contribution >= 4 is 0 Å². The van der Waals surface area contributed by atoms with Gasteiger partial charge in [0, 0.05) is 6.04 Å². The molecule has 0 amide bonds.